The summed E-state index contributed by atoms with van der Waals surface area (Å²) in [6.45, 7) is 7.30. The van der Waals surface area contributed by atoms with Crippen LogP contribution in [0.3, 0.4) is 0 Å². The van der Waals surface area contributed by atoms with Crippen molar-refractivity contribution in [1.29, 1.82) is 0 Å². The van der Waals surface area contributed by atoms with Crippen molar-refractivity contribution in [2.45, 2.75) is 63.5 Å². The summed E-state index contributed by atoms with van der Waals surface area (Å²) in [5.74, 6) is 2.01. The van der Waals surface area contributed by atoms with Gasteiger partial charge >= 0.3 is 0 Å². The van der Waals surface area contributed by atoms with Crippen LogP contribution in [0.2, 0.25) is 0 Å². The van der Waals surface area contributed by atoms with Crippen LogP contribution in [0.1, 0.15) is 55.8 Å². The van der Waals surface area contributed by atoms with E-state index in [2.05, 4.69) is 55.6 Å². The van der Waals surface area contributed by atoms with E-state index in [1.807, 2.05) is 6.92 Å². The van der Waals surface area contributed by atoms with Crippen molar-refractivity contribution in [3.05, 3.63) is 47.6 Å². The van der Waals surface area contributed by atoms with Crippen molar-refractivity contribution in [3.63, 3.8) is 0 Å². The molecule has 3 atom stereocenters. The van der Waals surface area contributed by atoms with Gasteiger partial charge in [-0.2, -0.15) is 4.98 Å². The van der Waals surface area contributed by atoms with Crippen molar-refractivity contribution < 1.29 is 9.32 Å². The number of hydrogen-bond donors (Lipinski definition) is 1. The van der Waals surface area contributed by atoms with E-state index in [-0.39, 0.29) is 17.4 Å². The topological polar surface area (TPSA) is 74.5 Å². The van der Waals surface area contributed by atoms with Gasteiger partial charge in [0.1, 0.15) is 0 Å². The van der Waals surface area contributed by atoms with Crippen molar-refractivity contribution in [1.82, 2.24) is 25.3 Å². The summed E-state index contributed by atoms with van der Waals surface area (Å²) in [7, 11) is 0. The van der Waals surface area contributed by atoms with Crippen LogP contribution in [0.5, 0.6) is 0 Å². The van der Waals surface area contributed by atoms with E-state index < -0.39 is 0 Å². The summed E-state index contributed by atoms with van der Waals surface area (Å²) < 4.78 is 5.73. The molecule has 7 nitrogen and oxygen atoms in total. The van der Waals surface area contributed by atoms with E-state index in [4.69, 9.17) is 4.52 Å². The Morgan fingerprint density at radius 3 is 2.66 bits per heavy atom. The molecule has 1 aromatic heterocycles. The highest BCUT2D eigenvalue weighted by atomic mass is 16.5. The molecule has 32 heavy (non-hydrogen) atoms. The first-order valence-electron chi connectivity index (χ1n) is 12.2. The molecule has 1 aliphatic carbocycles. The highest BCUT2D eigenvalue weighted by Crippen LogP contribution is 2.50. The number of rotatable bonds is 6. The van der Waals surface area contributed by atoms with Gasteiger partial charge in [-0.25, -0.2) is 0 Å². The zero-order valence-corrected chi connectivity index (χ0v) is 19.1. The van der Waals surface area contributed by atoms with E-state index in [9.17, 15) is 4.79 Å². The predicted molar refractivity (Wildman–Crippen MR) is 122 cm³/mol. The molecule has 0 radical (unpaired) electrons. The first-order chi connectivity index (χ1) is 15.6. The van der Waals surface area contributed by atoms with Gasteiger partial charge in [0.15, 0.2) is 5.82 Å². The number of amides is 1. The van der Waals surface area contributed by atoms with E-state index >= 15 is 0 Å². The highest BCUT2D eigenvalue weighted by molar-refractivity contribution is 5.78. The van der Waals surface area contributed by atoms with Gasteiger partial charge in [-0.1, -0.05) is 48.3 Å². The fourth-order valence-corrected chi connectivity index (χ4v) is 6.15. The molecule has 7 heteroatoms. The molecule has 172 valence electrons. The van der Waals surface area contributed by atoms with Crippen LogP contribution in [-0.2, 0) is 16.8 Å². The minimum absolute atomic E-state index is 0.162. The third-order valence-corrected chi connectivity index (χ3v) is 7.58. The minimum atomic E-state index is -0.170. The molecular formula is C25H35N5O2. The third-order valence-electron chi connectivity index (χ3n) is 7.58. The van der Waals surface area contributed by atoms with E-state index in [0.29, 0.717) is 18.3 Å². The predicted octanol–water partition coefficient (Wildman–Crippen LogP) is 2.90. The Morgan fingerprint density at radius 1 is 1.16 bits per heavy atom. The second-order valence-corrected chi connectivity index (χ2v) is 10.0. The second-order valence-electron chi connectivity index (χ2n) is 10.0. The molecule has 3 fully saturated rings. The van der Waals surface area contributed by atoms with Crippen LogP contribution >= 0.6 is 0 Å². The summed E-state index contributed by atoms with van der Waals surface area (Å²) in [6, 6.07) is 10.8. The number of benzene rings is 1. The maximum absolute atomic E-state index is 12.8. The molecule has 3 aliphatic rings. The van der Waals surface area contributed by atoms with Gasteiger partial charge in [0, 0.05) is 25.7 Å². The Labute approximate surface area is 190 Å². The maximum atomic E-state index is 12.8. The molecule has 0 bridgehead atoms. The summed E-state index contributed by atoms with van der Waals surface area (Å²) in [5, 5.41) is 7.45. The Balaban J connectivity index is 1.26. The molecule has 2 aliphatic heterocycles. The lowest BCUT2D eigenvalue weighted by Crippen LogP contribution is -2.43. The Hall–Kier alpha value is -2.25. The summed E-state index contributed by atoms with van der Waals surface area (Å²) in [4.78, 5) is 22.3. The standard InChI is InChI=1S/C25H35N5O2/c1-19-26-24(32-28-19)25-14-22(27-23(31)17-29-11-7-2-3-8-12-29)13-21(25)16-30(18-25)15-20-9-5-4-6-10-20/h4-6,9-10,21-22H,2-3,7-8,11-18H2,1H3,(H,27,31)/t21-,22+,25-/m0/s1. The second kappa shape index (κ2) is 9.32. The molecule has 2 saturated heterocycles. The molecule has 1 amide bonds. The van der Waals surface area contributed by atoms with Crippen molar-refractivity contribution in [2.75, 3.05) is 32.7 Å². The number of likely N-dealkylation sites (tertiary alicyclic amines) is 2. The SMILES string of the molecule is Cc1noc([C@]23C[C@H](NC(=O)CN4CCCCCC4)C[C@H]2CN(Cc2ccccc2)C3)n1. The van der Waals surface area contributed by atoms with Gasteiger partial charge in [-0.05, 0) is 57.2 Å². The first-order valence-corrected chi connectivity index (χ1v) is 12.2. The molecule has 3 heterocycles. The number of fused-ring (bicyclic) bond motifs is 1. The zero-order chi connectivity index (χ0) is 22.0. The van der Waals surface area contributed by atoms with Gasteiger partial charge in [-0.15, -0.1) is 0 Å². The lowest BCUT2D eigenvalue weighted by molar-refractivity contribution is -0.123. The Morgan fingerprint density at radius 2 is 1.94 bits per heavy atom. The average molecular weight is 438 g/mol. The highest BCUT2D eigenvalue weighted by Gasteiger charge is 2.57. The molecular weight excluding hydrogens is 402 g/mol. The smallest absolute Gasteiger partial charge is 0.234 e. The van der Waals surface area contributed by atoms with Crippen LogP contribution in [0, 0.1) is 12.8 Å². The lowest BCUT2D eigenvalue weighted by Gasteiger charge is -2.26. The molecule has 1 aromatic carbocycles. The first kappa shape index (κ1) is 21.6. The number of nitrogens with zero attached hydrogens (tertiary/aromatic N) is 4. The Bertz CT molecular complexity index is 908. The lowest BCUT2D eigenvalue weighted by atomic mass is 9.80. The van der Waals surface area contributed by atoms with Gasteiger partial charge in [0.25, 0.3) is 0 Å². The minimum Gasteiger partial charge on any atom is -0.352 e. The third kappa shape index (κ3) is 4.59. The van der Waals surface area contributed by atoms with Crippen LogP contribution < -0.4 is 5.32 Å². The zero-order valence-electron chi connectivity index (χ0n) is 19.1. The van der Waals surface area contributed by atoms with Crippen LogP contribution in [-0.4, -0.2) is 64.6 Å². The number of hydrogen-bond acceptors (Lipinski definition) is 6. The van der Waals surface area contributed by atoms with E-state index in [0.717, 1.165) is 51.5 Å². The summed E-state index contributed by atoms with van der Waals surface area (Å²) in [5.41, 5.74) is 1.16. The molecule has 1 N–H and O–H groups in total. The van der Waals surface area contributed by atoms with Crippen LogP contribution in [0.25, 0.3) is 0 Å². The summed E-state index contributed by atoms with van der Waals surface area (Å²) in [6.07, 6.45) is 6.82. The molecule has 1 saturated carbocycles. The van der Waals surface area contributed by atoms with E-state index in [1.54, 1.807) is 0 Å². The van der Waals surface area contributed by atoms with Crippen molar-refractivity contribution >= 4 is 5.91 Å². The normalized spacial score (nSPS) is 29.0. The summed E-state index contributed by atoms with van der Waals surface area (Å²) >= 11 is 0. The number of nitrogens with one attached hydrogen (secondary N) is 1. The number of carbonyl (C=O) groups is 1. The number of aryl methyl sites for hydroxylation is 1. The van der Waals surface area contributed by atoms with E-state index in [1.165, 1.54) is 31.2 Å². The monoisotopic (exact) mass is 437 g/mol. The molecule has 0 spiro atoms. The average Bonchev–Trinajstić information content (AvgIpc) is 3.36. The largest absolute Gasteiger partial charge is 0.352 e. The number of carbonyl (C=O) groups excluding carboxylic acids is 1. The van der Waals surface area contributed by atoms with Gasteiger partial charge in [0.05, 0.1) is 12.0 Å². The fourth-order valence-electron chi connectivity index (χ4n) is 6.15. The molecule has 2 aromatic rings. The van der Waals surface area contributed by atoms with Crippen molar-refractivity contribution in [3.8, 4) is 0 Å². The van der Waals surface area contributed by atoms with Crippen LogP contribution in [0.4, 0.5) is 0 Å². The maximum Gasteiger partial charge on any atom is 0.234 e. The quantitative estimate of drug-likeness (QED) is 0.749. The van der Waals surface area contributed by atoms with Crippen LogP contribution in [0.15, 0.2) is 34.9 Å². The number of aromatic nitrogens is 2. The fraction of sp³-hybridized carbons (Fsp3) is 0.640. The Kier molecular flexibility index (Phi) is 6.28. The van der Waals surface area contributed by atoms with Crippen molar-refractivity contribution in [2.24, 2.45) is 5.92 Å². The molecule has 0 unspecified atom stereocenters. The van der Waals surface area contributed by atoms with Gasteiger partial charge in [-0.3, -0.25) is 14.6 Å². The van der Waals surface area contributed by atoms with Gasteiger partial charge < -0.3 is 9.84 Å². The molecule has 5 rings (SSSR count). The van der Waals surface area contributed by atoms with Gasteiger partial charge in [0.2, 0.25) is 11.8 Å².